The zero-order valence-electron chi connectivity index (χ0n) is 16.4. The zero-order valence-corrected chi connectivity index (χ0v) is 16.4. The maximum Gasteiger partial charge on any atom is 0.0452 e. The fraction of sp³-hybridized carbons (Fsp3) is 0.545. The highest BCUT2D eigenvalue weighted by atomic mass is 15.1. The van der Waals surface area contributed by atoms with E-state index in [1.54, 1.807) is 0 Å². The lowest BCUT2D eigenvalue weighted by Crippen LogP contribution is -2.18. The molecule has 0 bridgehead atoms. The second-order valence-corrected chi connectivity index (χ2v) is 7.77. The van der Waals surface area contributed by atoms with E-state index >= 15 is 0 Å². The van der Waals surface area contributed by atoms with E-state index in [4.69, 9.17) is 0 Å². The van der Waals surface area contributed by atoms with Gasteiger partial charge in [-0.3, -0.25) is 0 Å². The smallest absolute Gasteiger partial charge is 0.0452 e. The SMILES string of the molecule is C=CC(=C\N(C)C1CC1)/C(=C/C(=C(C)/C=C\C)C1(C)CC1)N(C)C. The van der Waals surface area contributed by atoms with Crippen LogP contribution in [-0.4, -0.2) is 37.0 Å². The number of hydrogen-bond acceptors (Lipinski definition) is 2. The molecule has 2 aliphatic carbocycles. The number of likely N-dealkylation sites (N-methyl/N-ethyl adjacent to an activating group) is 1. The van der Waals surface area contributed by atoms with E-state index in [1.807, 2.05) is 6.08 Å². The summed E-state index contributed by atoms with van der Waals surface area (Å²) < 4.78 is 0. The van der Waals surface area contributed by atoms with Gasteiger partial charge in [-0.05, 0) is 62.2 Å². The van der Waals surface area contributed by atoms with Crippen molar-refractivity contribution in [3.8, 4) is 0 Å². The lowest BCUT2D eigenvalue weighted by molar-refractivity contribution is 0.439. The van der Waals surface area contributed by atoms with Crippen LogP contribution >= 0.6 is 0 Å². The topological polar surface area (TPSA) is 6.48 Å². The van der Waals surface area contributed by atoms with E-state index in [2.05, 4.69) is 82.7 Å². The van der Waals surface area contributed by atoms with Crippen LogP contribution in [0.4, 0.5) is 0 Å². The van der Waals surface area contributed by atoms with Crippen LogP contribution < -0.4 is 0 Å². The highest BCUT2D eigenvalue weighted by molar-refractivity contribution is 5.47. The van der Waals surface area contributed by atoms with Gasteiger partial charge in [-0.1, -0.05) is 31.7 Å². The lowest BCUT2D eigenvalue weighted by Gasteiger charge is -2.24. The first kappa shape index (κ1) is 18.6. The highest BCUT2D eigenvalue weighted by Gasteiger charge is 2.41. The number of nitrogens with zero attached hydrogens (tertiary/aromatic N) is 2. The molecule has 0 aromatic rings. The normalized spacial score (nSPS) is 21.6. The third kappa shape index (κ3) is 4.43. The molecule has 132 valence electrons. The first-order valence-corrected chi connectivity index (χ1v) is 9.12. The molecule has 0 saturated heterocycles. The van der Waals surface area contributed by atoms with Gasteiger partial charge in [-0.2, -0.15) is 0 Å². The van der Waals surface area contributed by atoms with E-state index in [-0.39, 0.29) is 0 Å². The minimum absolute atomic E-state index is 0.333. The summed E-state index contributed by atoms with van der Waals surface area (Å²) in [5, 5.41) is 0. The summed E-state index contributed by atoms with van der Waals surface area (Å²) in [7, 11) is 6.43. The summed E-state index contributed by atoms with van der Waals surface area (Å²) in [5.74, 6) is 0. The molecule has 2 nitrogen and oxygen atoms in total. The van der Waals surface area contributed by atoms with Gasteiger partial charge in [0.05, 0.1) is 0 Å². The van der Waals surface area contributed by atoms with Crippen molar-refractivity contribution in [2.45, 2.75) is 52.5 Å². The quantitative estimate of drug-likeness (QED) is 0.559. The predicted molar refractivity (Wildman–Crippen MR) is 106 cm³/mol. The van der Waals surface area contributed by atoms with Crippen LogP contribution in [0.2, 0.25) is 0 Å². The summed E-state index contributed by atoms with van der Waals surface area (Å²) in [6.07, 6.45) is 16.2. The van der Waals surface area contributed by atoms with Crippen molar-refractivity contribution in [1.82, 2.24) is 9.80 Å². The standard InChI is InChI=1S/C22H34N2/c1-8-10-17(3)20(22(4)13-14-22)15-21(23(5)6)18(9-2)16-24(7)19-11-12-19/h8-10,15-16,19H,2,11-14H2,1,3-7H3/b10-8-,18-16+,20-17-,21-15-. The first-order chi connectivity index (χ1) is 11.3. The van der Waals surface area contributed by atoms with Crippen molar-refractivity contribution in [2.24, 2.45) is 5.41 Å². The number of allylic oxidation sites excluding steroid dienone is 6. The summed E-state index contributed by atoms with van der Waals surface area (Å²) in [5.41, 5.74) is 5.61. The van der Waals surface area contributed by atoms with Gasteiger partial charge in [0.2, 0.25) is 0 Å². The summed E-state index contributed by atoms with van der Waals surface area (Å²) in [4.78, 5) is 4.55. The van der Waals surface area contributed by atoms with Crippen LogP contribution in [0.15, 0.2) is 59.5 Å². The Kier molecular flexibility index (Phi) is 5.79. The monoisotopic (exact) mass is 326 g/mol. The Morgan fingerprint density at radius 2 is 1.79 bits per heavy atom. The van der Waals surface area contributed by atoms with Gasteiger partial charge in [0, 0.05) is 44.7 Å². The molecule has 2 saturated carbocycles. The molecule has 0 radical (unpaired) electrons. The third-order valence-electron chi connectivity index (χ3n) is 5.24. The Morgan fingerprint density at radius 1 is 1.17 bits per heavy atom. The molecule has 0 heterocycles. The molecular formula is C22H34N2. The van der Waals surface area contributed by atoms with Gasteiger partial charge >= 0.3 is 0 Å². The van der Waals surface area contributed by atoms with Gasteiger partial charge in [0.25, 0.3) is 0 Å². The fourth-order valence-corrected chi connectivity index (χ4v) is 3.20. The molecule has 24 heavy (non-hydrogen) atoms. The second-order valence-electron chi connectivity index (χ2n) is 7.77. The molecule has 0 aromatic carbocycles. The minimum atomic E-state index is 0.333. The second kappa shape index (κ2) is 7.46. The van der Waals surface area contributed by atoms with Crippen molar-refractivity contribution < 1.29 is 0 Å². The van der Waals surface area contributed by atoms with E-state index in [9.17, 15) is 0 Å². The minimum Gasteiger partial charge on any atom is -0.377 e. The van der Waals surface area contributed by atoms with E-state index < -0.39 is 0 Å². The molecule has 0 unspecified atom stereocenters. The summed E-state index contributed by atoms with van der Waals surface area (Å²) in [6, 6.07) is 0.712. The van der Waals surface area contributed by atoms with Crippen molar-refractivity contribution in [1.29, 1.82) is 0 Å². The Morgan fingerprint density at radius 3 is 2.21 bits per heavy atom. The van der Waals surface area contributed by atoms with Crippen LogP contribution in [0, 0.1) is 5.41 Å². The Balaban J connectivity index is 2.44. The van der Waals surface area contributed by atoms with Crippen LogP contribution in [0.3, 0.4) is 0 Å². The molecule has 2 rings (SSSR count). The Labute approximate surface area is 148 Å². The van der Waals surface area contributed by atoms with E-state index in [1.165, 1.54) is 48.1 Å². The largest absolute Gasteiger partial charge is 0.377 e. The Hall–Kier alpha value is -1.70. The van der Waals surface area contributed by atoms with Crippen molar-refractivity contribution in [3.63, 3.8) is 0 Å². The molecule has 0 atom stereocenters. The average Bonchev–Trinajstić information content (AvgIpc) is 3.41. The third-order valence-corrected chi connectivity index (χ3v) is 5.24. The molecule has 0 aliphatic heterocycles. The number of hydrogen-bond donors (Lipinski definition) is 0. The molecule has 2 aliphatic rings. The van der Waals surface area contributed by atoms with Gasteiger partial charge in [-0.15, -0.1) is 0 Å². The first-order valence-electron chi connectivity index (χ1n) is 9.12. The van der Waals surface area contributed by atoms with Gasteiger partial charge in [-0.25, -0.2) is 0 Å². The van der Waals surface area contributed by atoms with Gasteiger partial charge < -0.3 is 9.80 Å². The molecule has 0 amide bonds. The van der Waals surface area contributed by atoms with Crippen molar-refractivity contribution in [2.75, 3.05) is 21.1 Å². The lowest BCUT2D eigenvalue weighted by atomic mass is 9.91. The molecule has 0 N–H and O–H groups in total. The van der Waals surface area contributed by atoms with E-state index in [0.29, 0.717) is 11.5 Å². The predicted octanol–water partition coefficient (Wildman–Crippen LogP) is 5.29. The fourth-order valence-electron chi connectivity index (χ4n) is 3.20. The molecule has 2 fully saturated rings. The maximum atomic E-state index is 4.07. The molecule has 2 heteroatoms. The Bertz CT molecular complexity index is 593. The summed E-state index contributed by atoms with van der Waals surface area (Å²) in [6.45, 7) is 10.8. The average molecular weight is 327 g/mol. The van der Waals surface area contributed by atoms with Crippen LogP contribution in [-0.2, 0) is 0 Å². The van der Waals surface area contributed by atoms with Crippen LogP contribution in [0.5, 0.6) is 0 Å². The van der Waals surface area contributed by atoms with Crippen molar-refractivity contribution >= 4 is 0 Å². The molecule has 0 spiro atoms. The molecular weight excluding hydrogens is 292 g/mol. The number of rotatable bonds is 8. The zero-order chi connectivity index (χ0) is 17.9. The van der Waals surface area contributed by atoms with Gasteiger partial charge in [0.15, 0.2) is 0 Å². The van der Waals surface area contributed by atoms with Gasteiger partial charge in [0.1, 0.15) is 0 Å². The van der Waals surface area contributed by atoms with Crippen LogP contribution in [0.1, 0.15) is 46.5 Å². The van der Waals surface area contributed by atoms with Crippen molar-refractivity contribution in [3.05, 3.63) is 59.5 Å². The van der Waals surface area contributed by atoms with Crippen LogP contribution in [0.25, 0.3) is 0 Å². The molecule has 0 aromatic heterocycles. The highest BCUT2D eigenvalue weighted by Crippen LogP contribution is 2.53. The summed E-state index contributed by atoms with van der Waals surface area (Å²) >= 11 is 0. The van der Waals surface area contributed by atoms with E-state index in [0.717, 1.165) is 0 Å². The maximum absolute atomic E-state index is 4.07.